The number of nitrogens with one attached hydrogen (secondary N) is 2. The molecule has 36 heavy (non-hydrogen) atoms. The molecule has 4 rings (SSSR count). The Kier molecular flexibility index (Phi) is 7.99. The molecule has 1 heterocycles. The van der Waals surface area contributed by atoms with Crippen molar-refractivity contribution in [3.63, 3.8) is 0 Å². The molecule has 0 radical (unpaired) electrons. The van der Waals surface area contributed by atoms with Crippen LogP contribution in [0.5, 0.6) is 5.75 Å². The zero-order valence-electron chi connectivity index (χ0n) is 21.0. The van der Waals surface area contributed by atoms with Crippen LogP contribution in [0.1, 0.15) is 61.0 Å². The van der Waals surface area contributed by atoms with Gasteiger partial charge in [-0.05, 0) is 56.4 Å². The van der Waals surface area contributed by atoms with E-state index in [2.05, 4.69) is 29.5 Å². The number of aromatic nitrogens is 2. The lowest BCUT2D eigenvalue weighted by Crippen LogP contribution is -2.38. The van der Waals surface area contributed by atoms with Gasteiger partial charge in [0, 0.05) is 29.6 Å². The maximum absolute atomic E-state index is 13.7. The van der Waals surface area contributed by atoms with Crippen LogP contribution in [0.15, 0.2) is 59.7 Å². The largest absolute Gasteiger partial charge is 0.492 e. The summed E-state index contributed by atoms with van der Waals surface area (Å²) in [5, 5.41) is 6.47. The number of halogens is 1. The molecule has 7 nitrogen and oxygen atoms in total. The van der Waals surface area contributed by atoms with Crippen molar-refractivity contribution in [3.8, 4) is 11.4 Å². The lowest BCUT2D eigenvalue weighted by atomic mass is 9.84. The average molecular weight is 509 g/mol. The van der Waals surface area contributed by atoms with Gasteiger partial charge in [-0.2, -0.15) is 0 Å². The van der Waals surface area contributed by atoms with Gasteiger partial charge in [0.15, 0.2) is 5.82 Å². The molecule has 0 saturated heterocycles. The standard InChI is InChI=1S/C28H33ClN4O3/c1-4-28(5-2,22-8-6-7-9-24(22)36-17-14-29)32-25-27(35)33(16-15-30-25)23-18-20(11-10-19(23)3)26(34)31-21-12-13-21/h6-11,15-16,18,21H,4-5,12-14,17H2,1-3H3,(H,30,32)(H,31,34). The van der Waals surface area contributed by atoms with Crippen molar-refractivity contribution in [2.24, 2.45) is 0 Å². The summed E-state index contributed by atoms with van der Waals surface area (Å²) < 4.78 is 7.47. The number of alkyl halides is 1. The van der Waals surface area contributed by atoms with E-state index in [0.29, 0.717) is 36.6 Å². The van der Waals surface area contributed by atoms with Gasteiger partial charge in [0.05, 0.1) is 17.1 Å². The van der Waals surface area contributed by atoms with Crippen LogP contribution in [0.25, 0.3) is 5.69 Å². The fourth-order valence-electron chi connectivity index (χ4n) is 4.43. The number of carbonyl (C=O) groups excluding carboxylic acids is 1. The first-order valence-corrected chi connectivity index (χ1v) is 13.0. The van der Waals surface area contributed by atoms with Crippen molar-refractivity contribution in [2.45, 2.75) is 58.0 Å². The maximum Gasteiger partial charge on any atom is 0.297 e. The third kappa shape index (κ3) is 5.41. The molecule has 1 amide bonds. The highest BCUT2D eigenvalue weighted by molar-refractivity contribution is 6.18. The summed E-state index contributed by atoms with van der Waals surface area (Å²) in [6, 6.07) is 13.5. The van der Waals surface area contributed by atoms with Gasteiger partial charge < -0.3 is 15.4 Å². The van der Waals surface area contributed by atoms with E-state index >= 15 is 0 Å². The van der Waals surface area contributed by atoms with E-state index < -0.39 is 5.54 Å². The fraction of sp³-hybridized carbons (Fsp3) is 0.393. The van der Waals surface area contributed by atoms with Crippen molar-refractivity contribution in [1.82, 2.24) is 14.9 Å². The highest BCUT2D eigenvalue weighted by Crippen LogP contribution is 2.37. The molecular weight excluding hydrogens is 476 g/mol. The molecule has 0 atom stereocenters. The molecule has 1 aromatic heterocycles. The highest BCUT2D eigenvalue weighted by atomic mass is 35.5. The van der Waals surface area contributed by atoms with Crippen LogP contribution in [0.4, 0.5) is 5.82 Å². The smallest absolute Gasteiger partial charge is 0.297 e. The van der Waals surface area contributed by atoms with Gasteiger partial charge in [-0.25, -0.2) is 4.98 Å². The lowest BCUT2D eigenvalue weighted by Gasteiger charge is -2.35. The number of benzene rings is 2. The summed E-state index contributed by atoms with van der Waals surface area (Å²) in [6.07, 6.45) is 6.68. The van der Waals surface area contributed by atoms with Gasteiger partial charge >= 0.3 is 0 Å². The van der Waals surface area contributed by atoms with E-state index in [1.165, 1.54) is 0 Å². The maximum atomic E-state index is 13.7. The molecule has 0 bridgehead atoms. The first kappa shape index (κ1) is 25.8. The number of anilines is 1. The molecule has 1 saturated carbocycles. The summed E-state index contributed by atoms with van der Waals surface area (Å²) in [7, 11) is 0. The summed E-state index contributed by atoms with van der Waals surface area (Å²) in [4.78, 5) is 30.7. The molecule has 1 aliphatic rings. The molecule has 1 aliphatic carbocycles. The summed E-state index contributed by atoms with van der Waals surface area (Å²) in [5.41, 5.74) is 2.16. The second-order valence-electron chi connectivity index (χ2n) is 9.15. The number of amides is 1. The molecule has 1 fully saturated rings. The van der Waals surface area contributed by atoms with Gasteiger partial charge in [0.25, 0.3) is 11.5 Å². The number of ether oxygens (including phenoxy) is 1. The van der Waals surface area contributed by atoms with Gasteiger partial charge in [0.2, 0.25) is 0 Å². The van der Waals surface area contributed by atoms with Crippen LogP contribution in [0.2, 0.25) is 0 Å². The molecule has 3 aromatic rings. The van der Waals surface area contributed by atoms with E-state index in [-0.39, 0.29) is 23.3 Å². The Hall–Kier alpha value is -3.32. The average Bonchev–Trinajstić information content (AvgIpc) is 3.72. The summed E-state index contributed by atoms with van der Waals surface area (Å²) in [6.45, 7) is 6.46. The van der Waals surface area contributed by atoms with Crippen molar-refractivity contribution in [3.05, 3.63) is 81.9 Å². The SMILES string of the molecule is CCC(CC)(Nc1nccn(-c2cc(C(=O)NC3CC3)ccc2C)c1=O)c1ccccc1OCCCl. The minimum atomic E-state index is -0.574. The summed E-state index contributed by atoms with van der Waals surface area (Å²) in [5.74, 6) is 1.23. The highest BCUT2D eigenvalue weighted by Gasteiger charge is 2.33. The van der Waals surface area contributed by atoms with Crippen molar-refractivity contribution in [2.75, 3.05) is 17.8 Å². The van der Waals surface area contributed by atoms with E-state index in [4.69, 9.17) is 16.3 Å². The first-order chi connectivity index (χ1) is 17.4. The topological polar surface area (TPSA) is 85.3 Å². The Morgan fingerprint density at radius 1 is 1.19 bits per heavy atom. The predicted molar refractivity (Wildman–Crippen MR) is 144 cm³/mol. The number of para-hydroxylation sites is 1. The predicted octanol–water partition coefficient (Wildman–Crippen LogP) is 5.18. The Morgan fingerprint density at radius 2 is 1.94 bits per heavy atom. The first-order valence-electron chi connectivity index (χ1n) is 12.5. The van der Waals surface area contributed by atoms with Gasteiger partial charge in [-0.3, -0.25) is 14.2 Å². The fourth-order valence-corrected chi connectivity index (χ4v) is 4.51. The van der Waals surface area contributed by atoms with Crippen LogP contribution >= 0.6 is 11.6 Å². The molecule has 0 aliphatic heterocycles. The normalized spacial score (nSPS) is 13.3. The Bertz CT molecular complexity index is 1280. The Balaban J connectivity index is 1.72. The molecule has 2 aromatic carbocycles. The van der Waals surface area contributed by atoms with Crippen LogP contribution in [0, 0.1) is 6.92 Å². The van der Waals surface area contributed by atoms with Crippen LogP contribution in [-0.4, -0.2) is 34.0 Å². The molecular formula is C28H33ClN4O3. The molecule has 2 N–H and O–H groups in total. The third-order valence-electron chi connectivity index (χ3n) is 6.79. The number of hydrogen-bond acceptors (Lipinski definition) is 5. The number of rotatable bonds is 11. The Labute approximate surface area is 216 Å². The molecule has 8 heteroatoms. The van der Waals surface area contributed by atoms with Gasteiger partial charge in [-0.15, -0.1) is 11.6 Å². The lowest BCUT2D eigenvalue weighted by molar-refractivity contribution is 0.0951. The second kappa shape index (κ2) is 11.2. The van der Waals surface area contributed by atoms with Crippen LogP contribution < -0.4 is 20.9 Å². The second-order valence-corrected chi connectivity index (χ2v) is 9.53. The zero-order chi connectivity index (χ0) is 25.7. The molecule has 0 unspecified atom stereocenters. The number of hydrogen-bond donors (Lipinski definition) is 2. The van der Waals surface area contributed by atoms with E-state index in [9.17, 15) is 9.59 Å². The number of carbonyl (C=O) groups is 1. The van der Waals surface area contributed by atoms with E-state index in [1.54, 1.807) is 29.1 Å². The minimum absolute atomic E-state index is 0.122. The van der Waals surface area contributed by atoms with Crippen molar-refractivity contribution < 1.29 is 9.53 Å². The van der Waals surface area contributed by atoms with Crippen LogP contribution in [0.3, 0.4) is 0 Å². The zero-order valence-corrected chi connectivity index (χ0v) is 21.8. The van der Waals surface area contributed by atoms with Crippen molar-refractivity contribution >= 4 is 23.3 Å². The third-order valence-corrected chi connectivity index (χ3v) is 6.94. The van der Waals surface area contributed by atoms with E-state index in [1.807, 2.05) is 37.3 Å². The quantitative estimate of drug-likeness (QED) is 0.349. The van der Waals surface area contributed by atoms with Crippen LogP contribution in [-0.2, 0) is 5.54 Å². The number of aryl methyl sites for hydroxylation is 1. The summed E-state index contributed by atoms with van der Waals surface area (Å²) >= 11 is 5.86. The van der Waals surface area contributed by atoms with Gasteiger partial charge in [0.1, 0.15) is 12.4 Å². The van der Waals surface area contributed by atoms with E-state index in [0.717, 1.165) is 29.7 Å². The van der Waals surface area contributed by atoms with Gasteiger partial charge in [-0.1, -0.05) is 38.1 Å². The minimum Gasteiger partial charge on any atom is -0.492 e. The van der Waals surface area contributed by atoms with Crippen molar-refractivity contribution in [1.29, 1.82) is 0 Å². The number of nitrogens with zero attached hydrogens (tertiary/aromatic N) is 2. The molecule has 190 valence electrons. The Morgan fingerprint density at radius 3 is 2.64 bits per heavy atom. The molecule has 0 spiro atoms. The monoisotopic (exact) mass is 508 g/mol.